The quantitative estimate of drug-likeness (QED) is 0.587. The second-order valence-corrected chi connectivity index (χ2v) is 7.52. The fourth-order valence-corrected chi connectivity index (χ4v) is 5.46. The summed E-state index contributed by atoms with van der Waals surface area (Å²) in [6, 6.07) is 0. The van der Waals surface area contributed by atoms with Gasteiger partial charge in [-0.1, -0.05) is 20.3 Å². The standard InChI is InChI=1S/C9H19OP/c1-9(2)8-11(10)6-4-3-5-7-11/h9H,3-8H2,1-2H3. The van der Waals surface area contributed by atoms with Gasteiger partial charge in [0.05, 0.1) is 7.14 Å². The van der Waals surface area contributed by atoms with Crippen molar-refractivity contribution in [3.05, 3.63) is 0 Å². The molecule has 1 aliphatic rings. The van der Waals surface area contributed by atoms with Gasteiger partial charge in [-0.15, -0.1) is 0 Å². The maximum Gasteiger partial charge on any atom is 0.0880 e. The third kappa shape index (κ3) is 2.99. The number of hydrogen-bond donors (Lipinski definition) is 0. The fraction of sp³-hybridized carbons (Fsp3) is 1.00. The van der Waals surface area contributed by atoms with Crippen LogP contribution in [-0.2, 0) is 4.57 Å². The predicted molar refractivity (Wildman–Crippen MR) is 50.9 cm³/mol. The van der Waals surface area contributed by atoms with Crippen LogP contribution < -0.4 is 0 Å². The van der Waals surface area contributed by atoms with Crippen molar-refractivity contribution >= 4 is 7.14 Å². The summed E-state index contributed by atoms with van der Waals surface area (Å²) in [7, 11) is -1.67. The van der Waals surface area contributed by atoms with E-state index in [-0.39, 0.29) is 0 Å². The van der Waals surface area contributed by atoms with E-state index in [9.17, 15) is 4.57 Å². The molecule has 1 nitrogen and oxygen atoms in total. The molecule has 0 N–H and O–H groups in total. The summed E-state index contributed by atoms with van der Waals surface area (Å²) in [6.45, 7) is 4.35. The number of rotatable bonds is 2. The monoisotopic (exact) mass is 174 g/mol. The van der Waals surface area contributed by atoms with Crippen LogP contribution in [0.4, 0.5) is 0 Å². The molecule has 1 fully saturated rings. The van der Waals surface area contributed by atoms with Crippen LogP contribution in [0.2, 0.25) is 0 Å². The smallest absolute Gasteiger partial charge is 0.0880 e. The first-order valence-corrected chi connectivity index (χ1v) is 6.96. The first kappa shape index (κ1) is 9.32. The van der Waals surface area contributed by atoms with E-state index in [4.69, 9.17) is 0 Å². The first-order valence-electron chi connectivity index (χ1n) is 4.69. The van der Waals surface area contributed by atoms with Crippen molar-refractivity contribution in [2.45, 2.75) is 33.1 Å². The van der Waals surface area contributed by atoms with Gasteiger partial charge in [0.15, 0.2) is 0 Å². The summed E-state index contributed by atoms with van der Waals surface area (Å²) >= 11 is 0. The average Bonchev–Trinajstić information content (AvgIpc) is 1.85. The van der Waals surface area contributed by atoms with Crippen molar-refractivity contribution in [1.82, 2.24) is 0 Å². The Hall–Kier alpha value is 0.230. The number of hydrogen-bond acceptors (Lipinski definition) is 1. The second-order valence-electron chi connectivity index (χ2n) is 4.14. The molecule has 0 unspecified atom stereocenters. The van der Waals surface area contributed by atoms with Crippen LogP contribution >= 0.6 is 7.14 Å². The van der Waals surface area contributed by atoms with Crippen molar-refractivity contribution in [3.63, 3.8) is 0 Å². The SMILES string of the molecule is CC(C)CP1(=O)CCCCC1. The van der Waals surface area contributed by atoms with Gasteiger partial charge in [-0.2, -0.15) is 0 Å². The average molecular weight is 174 g/mol. The molecule has 0 atom stereocenters. The summed E-state index contributed by atoms with van der Waals surface area (Å²) in [5.74, 6) is 0.624. The summed E-state index contributed by atoms with van der Waals surface area (Å²) in [4.78, 5) is 0. The van der Waals surface area contributed by atoms with Gasteiger partial charge in [-0.25, -0.2) is 0 Å². The molecule has 0 amide bonds. The predicted octanol–water partition coefficient (Wildman–Crippen LogP) is 3.19. The summed E-state index contributed by atoms with van der Waals surface area (Å²) in [5, 5.41) is 0. The van der Waals surface area contributed by atoms with Crippen molar-refractivity contribution in [3.8, 4) is 0 Å². The third-order valence-corrected chi connectivity index (χ3v) is 5.99. The molecule has 1 aliphatic heterocycles. The van der Waals surface area contributed by atoms with E-state index in [0.29, 0.717) is 5.92 Å². The minimum absolute atomic E-state index is 0.624. The lowest BCUT2D eigenvalue weighted by molar-refractivity contribution is 0.550. The highest BCUT2D eigenvalue weighted by Crippen LogP contribution is 2.51. The molecule has 1 saturated heterocycles. The Balaban J connectivity index is 2.44. The molecule has 0 spiro atoms. The minimum atomic E-state index is -1.67. The summed E-state index contributed by atoms with van der Waals surface area (Å²) in [6.07, 6.45) is 6.79. The van der Waals surface area contributed by atoms with Crippen LogP contribution in [-0.4, -0.2) is 18.5 Å². The highest BCUT2D eigenvalue weighted by molar-refractivity contribution is 7.64. The van der Waals surface area contributed by atoms with E-state index in [1.807, 2.05) is 0 Å². The van der Waals surface area contributed by atoms with Gasteiger partial charge in [-0.3, -0.25) is 0 Å². The Morgan fingerprint density at radius 1 is 1.18 bits per heavy atom. The van der Waals surface area contributed by atoms with Crippen LogP contribution in [0.25, 0.3) is 0 Å². The molecule has 0 aliphatic carbocycles. The molecule has 1 heterocycles. The molecule has 0 saturated carbocycles. The first-order chi connectivity index (χ1) is 5.12. The lowest BCUT2D eigenvalue weighted by Crippen LogP contribution is -2.09. The van der Waals surface area contributed by atoms with E-state index in [1.54, 1.807) is 0 Å². The molecule has 2 heteroatoms. The zero-order chi connectivity index (χ0) is 8.32. The van der Waals surface area contributed by atoms with E-state index in [1.165, 1.54) is 19.3 Å². The minimum Gasteiger partial charge on any atom is -0.324 e. The molecule has 0 aromatic carbocycles. The lowest BCUT2D eigenvalue weighted by Gasteiger charge is -2.24. The highest BCUT2D eigenvalue weighted by Gasteiger charge is 2.25. The molecule has 0 bridgehead atoms. The zero-order valence-electron chi connectivity index (χ0n) is 7.68. The van der Waals surface area contributed by atoms with Gasteiger partial charge < -0.3 is 4.57 Å². The van der Waals surface area contributed by atoms with Gasteiger partial charge in [0.25, 0.3) is 0 Å². The molecule has 11 heavy (non-hydrogen) atoms. The molecule has 0 aromatic rings. The maximum atomic E-state index is 12.0. The van der Waals surface area contributed by atoms with E-state index < -0.39 is 7.14 Å². The topological polar surface area (TPSA) is 17.1 Å². The van der Waals surface area contributed by atoms with Crippen LogP contribution in [0.5, 0.6) is 0 Å². The summed E-state index contributed by atoms with van der Waals surface area (Å²) in [5.41, 5.74) is 0. The van der Waals surface area contributed by atoms with Gasteiger partial charge >= 0.3 is 0 Å². The van der Waals surface area contributed by atoms with E-state index in [0.717, 1.165) is 18.5 Å². The van der Waals surface area contributed by atoms with Crippen LogP contribution in [0.3, 0.4) is 0 Å². The molecule has 0 radical (unpaired) electrons. The van der Waals surface area contributed by atoms with Gasteiger partial charge in [0.2, 0.25) is 0 Å². The Bertz CT molecular complexity index is 153. The van der Waals surface area contributed by atoms with Crippen LogP contribution in [0, 0.1) is 5.92 Å². The van der Waals surface area contributed by atoms with Crippen LogP contribution in [0.15, 0.2) is 0 Å². The van der Waals surface area contributed by atoms with Gasteiger partial charge in [0.1, 0.15) is 0 Å². The van der Waals surface area contributed by atoms with E-state index >= 15 is 0 Å². The third-order valence-electron chi connectivity index (χ3n) is 2.33. The normalized spacial score (nSPS) is 23.9. The Kier molecular flexibility index (Phi) is 3.18. The van der Waals surface area contributed by atoms with Crippen molar-refractivity contribution in [2.24, 2.45) is 5.92 Å². The highest BCUT2D eigenvalue weighted by atomic mass is 31.2. The second kappa shape index (κ2) is 3.76. The van der Waals surface area contributed by atoms with Gasteiger partial charge in [0, 0.05) is 18.5 Å². The Morgan fingerprint density at radius 3 is 2.18 bits per heavy atom. The molecular formula is C9H19OP. The van der Waals surface area contributed by atoms with Crippen LogP contribution in [0.1, 0.15) is 33.1 Å². The summed E-state index contributed by atoms with van der Waals surface area (Å²) < 4.78 is 12.0. The zero-order valence-corrected chi connectivity index (χ0v) is 8.57. The van der Waals surface area contributed by atoms with Gasteiger partial charge in [-0.05, 0) is 18.8 Å². The molecule has 1 rings (SSSR count). The van der Waals surface area contributed by atoms with Crippen molar-refractivity contribution in [2.75, 3.05) is 18.5 Å². The molecule has 0 aromatic heterocycles. The van der Waals surface area contributed by atoms with Crippen molar-refractivity contribution in [1.29, 1.82) is 0 Å². The molecular weight excluding hydrogens is 155 g/mol. The largest absolute Gasteiger partial charge is 0.324 e. The lowest BCUT2D eigenvalue weighted by atomic mass is 10.3. The van der Waals surface area contributed by atoms with Crippen molar-refractivity contribution < 1.29 is 4.57 Å². The molecule has 66 valence electrons. The maximum absolute atomic E-state index is 12.0. The fourth-order valence-electron chi connectivity index (χ4n) is 1.94. The van der Waals surface area contributed by atoms with E-state index in [2.05, 4.69) is 13.8 Å². The Morgan fingerprint density at radius 2 is 1.73 bits per heavy atom. The Labute approximate surface area is 69.9 Å².